The van der Waals surface area contributed by atoms with Crippen LogP contribution in [-0.2, 0) is 0 Å². The van der Waals surface area contributed by atoms with Gasteiger partial charge in [0.1, 0.15) is 0 Å². The normalized spacial score (nSPS) is 14.0. The van der Waals surface area contributed by atoms with Crippen molar-refractivity contribution in [2.75, 3.05) is 0 Å². The summed E-state index contributed by atoms with van der Waals surface area (Å²) in [7, 11) is 0. The predicted octanol–water partition coefficient (Wildman–Crippen LogP) is 3.09. The van der Waals surface area contributed by atoms with E-state index in [-0.39, 0.29) is 5.12 Å². The summed E-state index contributed by atoms with van der Waals surface area (Å²) in [5.41, 5.74) is 0.878. The molecule has 0 spiro atoms. The summed E-state index contributed by atoms with van der Waals surface area (Å²) in [5, 5.41) is 2.55. The molecule has 0 amide bonds. The van der Waals surface area contributed by atoms with Crippen LogP contribution in [0.25, 0.3) is 10.8 Å². The fourth-order valence-electron chi connectivity index (χ4n) is 1.57. The molecule has 13 heavy (non-hydrogen) atoms. The van der Waals surface area contributed by atoms with Crippen molar-refractivity contribution < 1.29 is 4.79 Å². The summed E-state index contributed by atoms with van der Waals surface area (Å²) in [6, 6.07) is 12.2. The number of hydrogen-bond acceptors (Lipinski definition) is 2. The standard InChI is InChI=1S/C11H6OS/c12-11-9-5-7-3-1-2-4-8(7)6-10(9)13-11/h1-6H. The van der Waals surface area contributed by atoms with E-state index in [9.17, 15) is 4.79 Å². The molecule has 1 aliphatic rings. The van der Waals surface area contributed by atoms with Crippen LogP contribution in [0, 0.1) is 0 Å². The van der Waals surface area contributed by atoms with Gasteiger partial charge < -0.3 is 0 Å². The summed E-state index contributed by atoms with van der Waals surface area (Å²) in [5.74, 6) is 0. The molecule has 0 radical (unpaired) electrons. The zero-order chi connectivity index (χ0) is 8.84. The zero-order valence-electron chi connectivity index (χ0n) is 6.78. The Hall–Kier alpha value is -1.28. The highest BCUT2D eigenvalue weighted by Crippen LogP contribution is 2.39. The van der Waals surface area contributed by atoms with Gasteiger partial charge in [-0.3, -0.25) is 4.79 Å². The molecule has 3 rings (SSSR count). The van der Waals surface area contributed by atoms with E-state index in [1.165, 1.54) is 17.1 Å². The SMILES string of the molecule is O=C1Sc2cc3ccccc3cc21. The van der Waals surface area contributed by atoms with Crippen molar-refractivity contribution in [1.82, 2.24) is 0 Å². The minimum Gasteiger partial charge on any atom is -0.281 e. The Morgan fingerprint density at radius 1 is 1.00 bits per heavy atom. The maximum atomic E-state index is 11.1. The molecule has 1 nitrogen and oxygen atoms in total. The molecule has 0 aliphatic carbocycles. The predicted molar refractivity (Wildman–Crippen MR) is 54.1 cm³/mol. The highest BCUT2D eigenvalue weighted by Gasteiger charge is 2.24. The van der Waals surface area contributed by atoms with Gasteiger partial charge in [0.15, 0.2) is 0 Å². The van der Waals surface area contributed by atoms with Gasteiger partial charge in [0.05, 0.1) is 0 Å². The molecular formula is C11H6OS. The second-order valence-electron chi connectivity index (χ2n) is 3.09. The molecule has 1 heterocycles. The lowest BCUT2D eigenvalue weighted by atomic mass is 10.1. The molecule has 0 atom stereocenters. The van der Waals surface area contributed by atoms with Gasteiger partial charge in [-0.25, -0.2) is 0 Å². The van der Waals surface area contributed by atoms with Crippen molar-refractivity contribution in [3.63, 3.8) is 0 Å². The third-order valence-corrected chi connectivity index (χ3v) is 3.23. The Morgan fingerprint density at radius 2 is 1.69 bits per heavy atom. The smallest absolute Gasteiger partial charge is 0.225 e. The molecular weight excluding hydrogens is 180 g/mol. The summed E-state index contributed by atoms with van der Waals surface area (Å²) >= 11 is 1.33. The molecule has 62 valence electrons. The average Bonchev–Trinajstić information content (AvgIpc) is 2.16. The summed E-state index contributed by atoms with van der Waals surface area (Å²) < 4.78 is 0. The fraction of sp³-hybridized carbons (Fsp3) is 0. The lowest BCUT2D eigenvalue weighted by Gasteiger charge is -2.16. The molecule has 0 aromatic heterocycles. The van der Waals surface area contributed by atoms with Crippen LogP contribution in [0.3, 0.4) is 0 Å². The number of hydrogen-bond donors (Lipinski definition) is 0. The quantitative estimate of drug-likeness (QED) is 0.629. The second-order valence-corrected chi connectivity index (χ2v) is 4.10. The van der Waals surface area contributed by atoms with Gasteiger partial charge in [-0.1, -0.05) is 24.3 Å². The van der Waals surface area contributed by atoms with Crippen LogP contribution in [0.15, 0.2) is 41.3 Å². The minimum absolute atomic E-state index is 0.195. The number of fused-ring (bicyclic) bond motifs is 2. The Morgan fingerprint density at radius 3 is 2.38 bits per heavy atom. The first kappa shape index (κ1) is 7.15. The van der Waals surface area contributed by atoms with Crippen molar-refractivity contribution in [2.24, 2.45) is 0 Å². The molecule has 0 N–H and O–H groups in total. The molecule has 0 saturated heterocycles. The van der Waals surface area contributed by atoms with Crippen LogP contribution in [-0.4, -0.2) is 5.12 Å². The van der Waals surface area contributed by atoms with E-state index < -0.39 is 0 Å². The van der Waals surface area contributed by atoms with Crippen molar-refractivity contribution in [2.45, 2.75) is 4.90 Å². The lowest BCUT2D eigenvalue weighted by molar-refractivity contribution is 0.107. The highest BCUT2D eigenvalue weighted by atomic mass is 32.2. The number of thioether (sulfide) groups is 1. The van der Waals surface area contributed by atoms with Crippen molar-refractivity contribution in [1.29, 1.82) is 0 Å². The molecule has 0 saturated carbocycles. The molecule has 0 unspecified atom stereocenters. The zero-order valence-corrected chi connectivity index (χ0v) is 7.60. The number of carbonyl (C=O) groups excluding carboxylic acids is 1. The van der Waals surface area contributed by atoms with Gasteiger partial charge in [0.25, 0.3) is 0 Å². The van der Waals surface area contributed by atoms with Crippen molar-refractivity contribution in [3.05, 3.63) is 42.0 Å². The van der Waals surface area contributed by atoms with Crippen LogP contribution in [0.5, 0.6) is 0 Å². The van der Waals surface area contributed by atoms with Crippen LogP contribution < -0.4 is 0 Å². The van der Waals surface area contributed by atoms with Crippen molar-refractivity contribution in [3.8, 4) is 0 Å². The fourth-order valence-corrected chi connectivity index (χ4v) is 2.34. The maximum absolute atomic E-state index is 11.1. The van der Waals surface area contributed by atoms with E-state index in [0.29, 0.717) is 0 Å². The Balaban J connectivity index is 2.41. The second kappa shape index (κ2) is 2.36. The molecule has 2 aromatic rings. The van der Waals surface area contributed by atoms with Crippen molar-refractivity contribution >= 4 is 27.6 Å². The first-order valence-electron chi connectivity index (χ1n) is 4.09. The van der Waals surface area contributed by atoms with Gasteiger partial charge >= 0.3 is 0 Å². The number of rotatable bonds is 0. The Labute approximate surface area is 79.8 Å². The largest absolute Gasteiger partial charge is 0.281 e. The molecule has 0 bridgehead atoms. The number of benzene rings is 2. The monoisotopic (exact) mass is 186 g/mol. The summed E-state index contributed by atoms with van der Waals surface area (Å²) in [4.78, 5) is 12.2. The van der Waals surface area contributed by atoms with E-state index in [4.69, 9.17) is 0 Å². The minimum atomic E-state index is 0.195. The average molecular weight is 186 g/mol. The molecule has 0 fully saturated rings. The summed E-state index contributed by atoms with van der Waals surface area (Å²) in [6.45, 7) is 0. The van der Waals surface area contributed by atoms with E-state index >= 15 is 0 Å². The van der Waals surface area contributed by atoms with Gasteiger partial charge in [-0.15, -0.1) is 0 Å². The third kappa shape index (κ3) is 0.923. The maximum Gasteiger partial charge on any atom is 0.225 e. The van der Waals surface area contributed by atoms with Crippen LogP contribution in [0.1, 0.15) is 10.4 Å². The lowest BCUT2D eigenvalue weighted by Crippen LogP contribution is -2.06. The van der Waals surface area contributed by atoms with Crippen LogP contribution in [0.2, 0.25) is 0 Å². The molecule has 2 heteroatoms. The van der Waals surface area contributed by atoms with Crippen LogP contribution in [0.4, 0.5) is 0 Å². The van der Waals surface area contributed by atoms with Gasteiger partial charge in [0, 0.05) is 10.5 Å². The van der Waals surface area contributed by atoms with E-state index in [1.807, 2.05) is 24.3 Å². The van der Waals surface area contributed by atoms with E-state index in [1.54, 1.807) is 0 Å². The topological polar surface area (TPSA) is 17.1 Å². The molecule has 2 aromatic carbocycles. The van der Waals surface area contributed by atoms with E-state index in [0.717, 1.165) is 15.8 Å². The Bertz CT molecular complexity index is 516. The summed E-state index contributed by atoms with van der Waals surface area (Å²) in [6.07, 6.45) is 0. The Kier molecular flexibility index (Phi) is 1.30. The third-order valence-electron chi connectivity index (χ3n) is 2.27. The van der Waals surface area contributed by atoms with Crippen LogP contribution >= 0.6 is 11.8 Å². The molecule has 1 aliphatic heterocycles. The van der Waals surface area contributed by atoms with Gasteiger partial charge in [0.2, 0.25) is 5.12 Å². The van der Waals surface area contributed by atoms with E-state index in [2.05, 4.69) is 12.1 Å². The van der Waals surface area contributed by atoms with Gasteiger partial charge in [-0.05, 0) is 34.7 Å². The highest BCUT2D eigenvalue weighted by molar-refractivity contribution is 8.16. The first-order valence-corrected chi connectivity index (χ1v) is 4.91. The first-order chi connectivity index (χ1) is 6.34. The number of carbonyl (C=O) groups is 1. The van der Waals surface area contributed by atoms with Gasteiger partial charge in [-0.2, -0.15) is 0 Å².